The maximum atomic E-state index is 6.33. The number of nitrogens with one attached hydrogen (secondary N) is 1. The van der Waals surface area contributed by atoms with Gasteiger partial charge in [0.15, 0.2) is 0 Å². The molecule has 0 radical (unpaired) electrons. The zero-order valence-corrected chi connectivity index (χ0v) is 14.3. The first-order chi connectivity index (χ1) is 9.26. The number of hydrogen-bond donors (Lipinski definition) is 1. The van der Waals surface area contributed by atoms with Crippen LogP contribution in [-0.4, -0.2) is 28.5 Å². The molecule has 116 valence electrons. The van der Waals surface area contributed by atoms with Gasteiger partial charge in [0.1, 0.15) is 0 Å². The molecule has 0 saturated carbocycles. The lowest BCUT2D eigenvalue weighted by molar-refractivity contribution is -0.0159. The fourth-order valence-electron chi connectivity index (χ4n) is 1.97. The molecule has 0 spiro atoms. The van der Waals surface area contributed by atoms with Crippen LogP contribution in [0.25, 0.3) is 0 Å². The van der Waals surface area contributed by atoms with Crippen LogP contribution in [0.4, 0.5) is 0 Å². The van der Waals surface area contributed by atoms with E-state index < -0.39 is 0 Å². The Labute approximate surface area is 127 Å². The maximum absolute atomic E-state index is 6.33. The van der Waals surface area contributed by atoms with Crippen molar-refractivity contribution in [2.24, 2.45) is 0 Å². The van der Waals surface area contributed by atoms with Gasteiger partial charge in [-0.3, -0.25) is 4.68 Å². The molecular weight excluding hydrogens is 274 g/mol. The third kappa shape index (κ3) is 5.08. The summed E-state index contributed by atoms with van der Waals surface area (Å²) in [5.41, 5.74) is 0.848. The van der Waals surface area contributed by atoms with Gasteiger partial charge in [-0.15, -0.1) is 0 Å². The van der Waals surface area contributed by atoms with Gasteiger partial charge in [-0.05, 0) is 47.6 Å². The zero-order valence-electron chi connectivity index (χ0n) is 13.5. The first-order valence-corrected chi connectivity index (χ1v) is 7.74. The third-order valence-electron chi connectivity index (χ3n) is 2.93. The van der Waals surface area contributed by atoms with Crippen LogP contribution in [-0.2, 0) is 4.74 Å². The highest BCUT2D eigenvalue weighted by Crippen LogP contribution is 2.27. The highest BCUT2D eigenvalue weighted by molar-refractivity contribution is 6.31. The topological polar surface area (TPSA) is 39.1 Å². The number of ether oxygens (including phenoxy) is 1. The summed E-state index contributed by atoms with van der Waals surface area (Å²) < 4.78 is 7.91. The average molecular weight is 302 g/mol. The third-order valence-corrected chi connectivity index (χ3v) is 3.22. The lowest BCUT2D eigenvalue weighted by Gasteiger charge is -2.26. The van der Waals surface area contributed by atoms with Gasteiger partial charge in [0, 0.05) is 6.04 Å². The zero-order chi connectivity index (χ0) is 15.3. The van der Waals surface area contributed by atoms with Crippen molar-refractivity contribution in [1.82, 2.24) is 15.1 Å². The summed E-state index contributed by atoms with van der Waals surface area (Å²) in [4.78, 5) is 0. The molecule has 20 heavy (non-hydrogen) atoms. The molecule has 0 aliphatic carbocycles. The number of halogens is 1. The number of aromatic nitrogens is 2. The standard InChI is InChI=1S/C15H28ClN3O/c1-7-8-17-13(10-20-15(4,5)6)14-12(16)9-18-19(14)11(2)3/h9,11,13,17H,7-8,10H2,1-6H3. The Morgan fingerprint density at radius 1 is 1.40 bits per heavy atom. The molecule has 1 rings (SSSR count). The van der Waals surface area contributed by atoms with Gasteiger partial charge in [0.2, 0.25) is 0 Å². The van der Waals surface area contributed by atoms with E-state index in [1.165, 1.54) is 0 Å². The van der Waals surface area contributed by atoms with Crippen molar-refractivity contribution in [3.05, 3.63) is 16.9 Å². The number of rotatable bonds is 7. The fourth-order valence-corrected chi connectivity index (χ4v) is 2.24. The molecule has 1 unspecified atom stereocenters. The Kier molecular flexibility index (Phi) is 6.49. The predicted octanol–water partition coefficient (Wildman–Crippen LogP) is 3.97. The highest BCUT2D eigenvalue weighted by Gasteiger charge is 2.23. The first-order valence-electron chi connectivity index (χ1n) is 7.36. The average Bonchev–Trinajstić information content (AvgIpc) is 2.70. The number of nitrogens with zero attached hydrogens (tertiary/aromatic N) is 2. The van der Waals surface area contributed by atoms with E-state index in [-0.39, 0.29) is 17.7 Å². The van der Waals surface area contributed by atoms with Crippen molar-refractivity contribution < 1.29 is 4.74 Å². The van der Waals surface area contributed by atoms with Gasteiger partial charge in [0.05, 0.1) is 35.2 Å². The molecule has 4 nitrogen and oxygen atoms in total. The summed E-state index contributed by atoms with van der Waals surface area (Å²) in [7, 11) is 0. The van der Waals surface area contributed by atoms with Crippen LogP contribution in [0.1, 0.15) is 65.7 Å². The normalized spacial score (nSPS) is 14.0. The minimum absolute atomic E-state index is 0.0616. The Bertz CT molecular complexity index is 410. The van der Waals surface area contributed by atoms with Gasteiger partial charge < -0.3 is 10.1 Å². The van der Waals surface area contributed by atoms with Gasteiger partial charge in [-0.2, -0.15) is 5.10 Å². The molecule has 5 heteroatoms. The van der Waals surface area contributed by atoms with E-state index >= 15 is 0 Å². The molecule has 0 amide bonds. The fraction of sp³-hybridized carbons (Fsp3) is 0.800. The minimum atomic E-state index is -0.165. The molecule has 0 aliphatic rings. The van der Waals surface area contributed by atoms with E-state index in [0.29, 0.717) is 11.6 Å². The molecule has 1 heterocycles. The van der Waals surface area contributed by atoms with Crippen molar-refractivity contribution in [1.29, 1.82) is 0 Å². The molecular formula is C15H28ClN3O. The van der Waals surface area contributed by atoms with E-state index in [1.54, 1.807) is 6.20 Å². The van der Waals surface area contributed by atoms with Crippen LogP contribution in [0.5, 0.6) is 0 Å². The Morgan fingerprint density at radius 3 is 2.55 bits per heavy atom. The summed E-state index contributed by atoms with van der Waals surface area (Å²) >= 11 is 6.33. The van der Waals surface area contributed by atoms with Crippen LogP contribution >= 0.6 is 11.6 Å². The van der Waals surface area contributed by atoms with Gasteiger partial charge in [-0.1, -0.05) is 18.5 Å². The van der Waals surface area contributed by atoms with Gasteiger partial charge in [-0.25, -0.2) is 0 Å². The molecule has 1 aromatic rings. The van der Waals surface area contributed by atoms with Crippen molar-refractivity contribution in [2.75, 3.05) is 13.2 Å². The van der Waals surface area contributed by atoms with Crippen LogP contribution in [0.2, 0.25) is 5.02 Å². The number of hydrogen-bond acceptors (Lipinski definition) is 3. The summed E-state index contributed by atoms with van der Waals surface area (Å²) in [6.45, 7) is 14.1. The molecule has 1 aromatic heterocycles. The molecule has 1 atom stereocenters. The second-order valence-corrected chi connectivity index (χ2v) is 6.75. The molecule has 0 saturated heterocycles. The van der Waals surface area contributed by atoms with Crippen molar-refractivity contribution in [2.45, 2.75) is 65.6 Å². The van der Waals surface area contributed by atoms with Crippen LogP contribution in [0.15, 0.2) is 6.20 Å². The Hall–Kier alpha value is -0.580. The van der Waals surface area contributed by atoms with Crippen LogP contribution < -0.4 is 5.32 Å². The lowest BCUT2D eigenvalue weighted by atomic mass is 10.1. The lowest BCUT2D eigenvalue weighted by Crippen LogP contribution is -2.32. The predicted molar refractivity (Wildman–Crippen MR) is 84.4 cm³/mol. The molecule has 1 N–H and O–H groups in total. The van der Waals surface area contributed by atoms with E-state index in [4.69, 9.17) is 16.3 Å². The highest BCUT2D eigenvalue weighted by atomic mass is 35.5. The smallest absolute Gasteiger partial charge is 0.0835 e. The molecule has 0 fully saturated rings. The van der Waals surface area contributed by atoms with Crippen molar-refractivity contribution >= 4 is 11.6 Å². The largest absolute Gasteiger partial charge is 0.374 e. The molecule has 0 bridgehead atoms. The summed E-state index contributed by atoms with van der Waals surface area (Å²) in [6.07, 6.45) is 2.79. The van der Waals surface area contributed by atoms with Gasteiger partial charge >= 0.3 is 0 Å². The van der Waals surface area contributed by atoms with E-state index in [9.17, 15) is 0 Å². The van der Waals surface area contributed by atoms with Crippen molar-refractivity contribution in [3.63, 3.8) is 0 Å². The molecule has 0 aliphatic heterocycles. The van der Waals surface area contributed by atoms with E-state index in [2.05, 4.69) is 52.0 Å². The second kappa shape index (κ2) is 7.43. The van der Waals surface area contributed by atoms with Gasteiger partial charge in [0.25, 0.3) is 0 Å². The quantitative estimate of drug-likeness (QED) is 0.828. The Morgan fingerprint density at radius 2 is 2.05 bits per heavy atom. The van der Waals surface area contributed by atoms with Crippen molar-refractivity contribution in [3.8, 4) is 0 Å². The maximum Gasteiger partial charge on any atom is 0.0835 e. The van der Waals surface area contributed by atoms with E-state index in [0.717, 1.165) is 18.7 Å². The molecule has 0 aromatic carbocycles. The minimum Gasteiger partial charge on any atom is -0.374 e. The summed E-state index contributed by atoms with van der Waals surface area (Å²) in [5, 5.41) is 8.59. The monoisotopic (exact) mass is 301 g/mol. The van der Waals surface area contributed by atoms with Crippen LogP contribution in [0.3, 0.4) is 0 Å². The van der Waals surface area contributed by atoms with E-state index in [1.807, 2.05) is 4.68 Å². The summed E-state index contributed by atoms with van der Waals surface area (Å²) in [5.74, 6) is 0. The second-order valence-electron chi connectivity index (χ2n) is 6.35. The van der Waals surface area contributed by atoms with Crippen LogP contribution in [0, 0.1) is 0 Å². The first kappa shape index (κ1) is 17.5. The summed E-state index contributed by atoms with van der Waals surface area (Å²) in [6, 6.07) is 0.338. The Balaban J connectivity index is 2.94. The SMILES string of the molecule is CCCNC(COC(C)(C)C)c1c(Cl)cnn1C(C)C.